The molecule has 2 amide bonds. The minimum Gasteiger partial charge on any atom is -0.481 e. The molecule has 0 radical (unpaired) electrons. The largest absolute Gasteiger partial charge is 0.481 e. The number of nitrogens with zero attached hydrogens (tertiary/aromatic N) is 3. The number of fused-ring (bicyclic) bond motifs is 1. The Morgan fingerprint density at radius 2 is 2.13 bits per heavy atom. The van der Waals surface area contributed by atoms with Gasteiger partial charge in [-0.25, -0.2) is 4.79 Å². The lowest BCUT2D eigenvalue weighted by Gasteiger charge is -2.23. The fourth-order valence-electron chi connectivity index (χ4n) is 3.54. The van der Waals surface area contributed by atoms with Crippen molar-refractivity contribution in [1.82, 2.24) is 15.1 Å². The summed E-state index contributed by atoms with van der Waals surface area (Å²) in [6, 6.07) is -0.281. The molecule has 23 heavy (non-hydrogen) atoms. The van der Waals surface area contributed by atoms with Gasteiger partial charge in [-0.05, 0) is 18.8 Å². The van der Waals surface area contributed by atoms with Crippen LogP contribution in [0.3, 0.4) is 0 Å². The van der Waals surface area contributed by atoms with Gasteiger partial charge in [0.1, 0.15) is 5.01 Å². The van der Waals surface area contributed by atoms with E-state index in [1.54, 1.807) is 4.90 Å². The quantitative estimate of drug-likeness (QED) is 0.864. The zero-order chi connectivity index (χ0) is 16.8. The summed E-state index contributed by atoms with van der Waals surface area (Å²) in [4.78, 5) is 25.7. The van der Waals surface area contributed by atoms with Crippen molar-refractivity contribution in [3.8, 4) is 0 Å². The van der Waals surface area contributed by atoms with Crippen molar-refractivity contribution in [1.29, 1.82) is 0 Å². The van der Waals surface area contributed by atoms with Crippen molar-refractivity contribution in [3.05, 3.63) is 5.01 Å². The Morgan fingerprint density at radius 3 is 2.70 bits per heavy atom. The number of anilines is 1. The van der Waals surface area contributed by atoms with Gasteiger partial charge in [0.15, 0.2) is 0 Å². The molecule has 2 fully saturated rings. The summed E-state index contributed by atoms with van der Waals surface area (Å²) in [5.41, 5.74) is -0.867. The molecule has 2 atom stereocenters. The maximum absolute atomic E-state index is 12.4. The summed E-state index contributed by atoms with van der Waals surface area (Å²) in [7, 11) is 0. The van der Waals surface area contributed by atoms with E-state index >= 15 is 0 Å². The number of carbonyl (C=O) groups excluding carboxylic acids is 1. The number of urea groups is 1. The first-order valence-electron chi connectivity index (χ1n) is 7.86. The zero-order valence-electron chi connectivity index (χ0n) is 13.6. The molecule has 2 N–H and O–H groups in total. The molecular weight excluding hydrogens is 316 g/mol. The van der Waals surface area contributed by atoms with E-state index in [0.29, 0.717) is 18.1 Å². The summed E-state index contributed by atoms with van der Waals surface area (Å²) in [5.74, 6) is -0.716. The molecule has 0 spiro atoms. The number of hydrogen-bond acceptors (Lipinski definition) is 5. The number of likely N-dealkylation sites (tertiary alicyclic amines) is 1. The van der Waals surface area contributed by atoms with Crippen molar-refractivity contribution in [2.24, 2.45) is 11.3 Å². The van der Waals surface area contributed by atoms with Gasteiger partial charge in [-0.3, -0.25) is 10.1 Å². The second-order valence-electron chi connectivity index (χ2n) is 7.52. The highest BCUT2D eigenvalue weighted by molar-refractivity contribution is 7.15. The normalized spacial score (nSPS) is 27.1. The van der Waals surface area contributed by atoms with Crippen LogP contribution in [0.1, 0.15) is 45.0 Å². The van der Waals surface area contributed by atoms with E-state index in [1.165, 1.54) is 11.3 Å². The molecule has 1 saturated carbocycles. The highest BCUT2D eigenvalue weighted by atomic mass is 32.1. The van der Waals surface area contributed by atoms with E-state index in [4.69, 9.17) is 0 Å². The highest BCUT2D eigenvalue weighted by Crippen LogP contribution is 2.49. The maximum atomic E-state index is 12.4. The molecule has 2 aliphatic rings. The Balaban J connectivity index is 1.68. The summed E-state index contributed by atoms with van der Waals surface area (Å²) in [5, 5.41) is 21.8. The molecule has 2 heterocycles. The number of carboxylic acid groups (broad SMARTS) is 1. The Hall–Kier alpha value is -1.70. The van der Waals surface area contributed by atoms with Gasteiger partial charge in [-0.15, -0.1) is 10.2 Å². The number of hydrogen-bond donors (Lipinski definition) is 2. The van der Waals surface area contributed by atoms with Crippen molar-refractivity contribution in [2.75, 3.05) is 18.4 Å². The van der Waals surface area contributed by atoms with Gasteiger partial charge in [-0.2, -0.15) is 0 Å². The molecule has 0 unspecified atom stereocenters. The zero-order valence-corrected chi connectivity index (χ0v) is 14.4. The Morgan fingerprint density at radius 1 is 1.39 bits per heavy atom. The summed E-state index contributed by atoms with van der Waals surface area (Å²) < 4.78 is 0. The first kappa shape index (κ1) is 16.2. The van der Waals surface area contributed by atoms with Crippen LogP contribution in [0.4, 0.5) is 9.93 Å². The van der Waals surface area contributed by atoms with Crippen molar-refractivity contribution < 1.29 is 14.7 Å². The number of rotatable bonds is 2. The fourth-order valence-corrected chi connectivity index (χ4v) is 4.33. The molecule has 0 aromatic carbocycles. The number of aromatic nitrogens is 2. The van der Waals surface area contributed by atoms with Gasteiger partial charge in [0.05, 0.1) is 5.41 Å². The first-order valence-corrected chi connectivity index (χ1v) is 8.67. The van der Waals surface area contributed by atoms with E-state index in [0.717, 1.165) is 17.8 Å². The topological polar surface area (TPSA) is 95.4 Å². The molecule has 1 aliphatic carbocycles. The molecule has 3 rings (SSSR count). The van der Waals surface area contributed by atoms with Crippen LogP contribution in [-0.2, 0) is 10.2 Å². The molecule has 8 heteroatoms. The molecule has 1 aliphatic heterocycles. The summed E-state index contributed by atoms with van der Waals surface area (Å²) in [6.45, 7) is 6.90. The number of carboxylic acids is 1. The van der Waals surface area contributed by atoms with Crippen molar-refractivity contribution in [2.45, 2.75) is 45.4 Å². The minimum atomic E-state index is -0.777. The lowest BCUT2D eigenvalue weighted by Crippen LogP contribution is -2.38. The van der Waals surface area contributed by atoms with Crippen LogP contribution in [-0.4, -0.2) is 45.3 Å². The highest BCUT2D eigenvalue weighted by Gasteiger charge is 2.55. The molecule has 126 valence electrons. The van der Waals surface area contributed by atoms with Crippen LogP contribution in [0.2, 0.25) is 0 Å². The SMILES string of the molecule is CC(C)(C)c1nnc(NC(=O)N2C[C@@H]3CCC[C@@]3(C(=O)O)C2)s1. The molecule has 1 aromatic heterocycles. The number of aliphatic carboxylic acids is 1. The summed E-state index contributed by atoms with van der Waals surface area (Å²) in [6.07, 6.45) is 2.46. The van der Waals surface area contributed by atoms with E-state index in [-0.39, 0.29) is 23.9 Å². The van der Waals surface area contributed by atoms with Crippen LogP contribution in [0.5, 0.6) is 0 Å². The van der Waals surface area contributed by atoms with Crippen molar-refractivity contribution >= 4 is 28.5 Å². The van der Waals surface area contributed by atoms with Crippen LogP contribution in [0.25, 0.3) is 0 Å². The predicted molar refractivity (Wildman–Crippen MR) is 86.6 cm³/mol. The Bertz CT molecular complexity index is 639. The van der Waals surface area contributed by atoms with Gasteiger partial charge in [-0.1, -0.05) is 38.5 Å². The first-order chi connectivity index (χ1) is 10.7. The molecule has 1 aromatic rings. The van der Waals surface area contributed by atoms with Crippen LogP contribution in [0, 0.1) is 11.3 Å². The average molecular weight is 338 g/mol. The molecule has 0 bridgehead atoms. The van der Waals surface area contributed by atoms with Gasteiger partial charge in [0, 0.05) is 18.5 Å². The third kappa shape index (κ3) is 2.80. The predicted octanol–water partition coefficient (Wildman–Crippen LogP) is 2.55. The lowest BCUT2D eigenvalue weighted by atomic mass is 9.81. The molecular formula is C15H22N4O3S. The summed E-state index contributed by atoms with van der Waals surface area (Å²) >= 11 is 1.36. The van der Waals surface area contributed by atoms with E-state index < -0.39 is 11.4 Å². The Labute approximate surface area is 139 Å². The standard InChI is InChI=1S/C15H22N4O3S/c1-14(2,3)10-17-18-12(23-10)16-13(22)19-7-9-5-4-6-15(9,8-19)11(20)21/h9H,4-8H2,1-3H3,(H,20,21)(H,16,18,22)/t9-,15+/m0/s1. The average Bonchev–Trinajstić information content (AvgIpc) is 3.09. The number of amides is 2. The van der Waals surface area contributed by atoms with Crippen LogP contribution < -0.4 is 5.32 Å². The van der Waals surface area contributed by atoms with Gasteiger partial charge >= 0.3 is 12.0 Å². The second kappa shape index (κ2) is 5.43. The smallest absolute Gasteiger partial charge is 0.323 e. The number of nitrogens with one attached hydrogen (secondary N) is 1. The lowest BCUT2D eigenvalue weighted by molar-refractivity contribution is -0.149. The number of carbonyl (C=O) groups is 2. The molecule has 1 saturated heterocycles. The van der Waals surface area contributed by atoms with E-state index in [2.05, 4.69) is 15.5 Å². The van der Waals surface area contributed by atoms with Gasteiger partial charge in [0.2, 0.25) is 5.13 Å². The maximum Gasteiger partial charge on any atom is 0.323 e. The van der Waals surface area contributed by atoms with E-state index in [9.17, 15) is 14.7 Å². The second-order valence-corrected chi connectivity index (χ2v) is 8.50. The fraction of sp³-hybridized carbons (Fsp3) is 0.733. The van der Waals surface area contributed by atoms with Gasteiger partial charge < -0.3 is 10.0 Å². The Kier molecular flexibility index (Phi) is 3.82. The third-order valence-corrected chi connectivity index (χ3v) is 6.13. The van der Waals surface area contributed by atoms with Gasteiger partial charge in [0.25, 0.3) is 0 Å². The molecule has 7 nitrogen and oxygen atoms in total. The van der Waals surface area contributed by atoms with Crippen molar-refractivity contribution in [3.63, 3.8) is 0 Å². The monoisotopic (exact) mass is 338 g/mol. The third-order valence-electron chi connectivity index (χ3n) is 4.86. The van der Waals surface area contributed by atoms with E-state index in [1.807, 2.05) is 20.8 Å². The minimum absolute atomic E-state index is 0.0605. The van der Waals surface area contributed by atoms with Crippen LogP contribution in [0.15, 0.2) is 0 Å². The van der Waals surface area contributed by atoms with Crippen LogP contribution >= 0.6 is 11.3 Å².